The molecule has 0 aromatic heterocycles. The van der Waals surface area contributed by atoms with Gasteiger partial charge in [-0.05, 0) is 25.2 Å². The maximum atomic E-state index is 2.57. The predicted molar refractivity (Wildman–Crippen MR) is 46.3 cm³/mol. The van der Waals surface area contributed by atoms with Gasteiger partial charge >= 0.3 is 0 Å². The Kier molecular flexibility index (Phi) is 1.09. The van der Waals surface area contributed by atoms with Crippen LogP contribution in [0.4, 0.5) is 0 Å². The molecule has 2 atom stereocenters. The number of hydrogen-bond donors (Lipinski definition) is 0. The van der Waals surface area contributed by atoms with Gasteiger partial charge in [0, 0.05) is 5.41 Å². The van der Waals surface area contributed by atoms with Crippen LogP contribution in [0.15, 0.2) is 11.6 Å². The van der Waals surface area contributed by atoms with Crippen molar-refractivity contribution in [2.75, 3.05) is 0 Å². The van der Waals surface area contributed by atoms with Crippen LogP contribution in [-0.4, -0.2) is 0 Å². The van der Waals surface area contributed by atoms with Crippen LogP contribution >= 0.6 is 0 Å². The zero-order valence-corrected chi connectivity index (χ0v) is 7.10. The van der Waals surface area contributed by atoms with Gasteiger partial charge in [-0.1, -0.05) is 37.3 Å². The fraction of sp³-hybridized carbons (Fsp3) is 0.818. The van der Waals surface area contributed by atoms with Gasteiger partial charge in [-0.3, -0.25) is 0 Å². The molecule has 2 bridgehead atoms. The lowest BCUT2D eigenvalue weighted by atomic mass is 9.70. The third-order valence-electron chi connectivity index (χ3n) is 3.90. The maximum Gasteiger partial charge on any atom is 0.0103 e. The van der Waals surface area contributed by atoms with Gasteiger partial charge in [0.1, 0.15) is 0 Å². The highest BCUT2D eigenvalue weighted by molar-refractivity contribution is 5.48. The van der Waals surface area contributed by atoms with E-state index >= 15 is 0 Å². The Bertz CT molecular complexity index is 210. The molecule has 2 unspecified atom stereocenters. The lowest BCUT2D eigenvalue weighted by Crippen LogP contribution is -2.24. The minimum Gasteiger partial charge on any atom is -0.0739 e. The molecule has 3 aliphatic carbocycles. The molecule has 0 amide bonds. The molecule has 0 heterocycles. The molecule has 0 nitrogen and oxygen atoms in total. The number of hydrogen-bond acceptors (Lipinski definition) is 0. The Morgan fingerprint density at radius 1 is 1.18 bits per heavy atom. The SMILES string of the molecule is C1=C2C3CCCCCCC12C3. The van der Waals surface area contributed by atoms with Gasteiger partial charge in [-0.2, -0.15) is 0 Å². The standard InChI is InChI=1S/C11H16/c1-2-4-6-11-7-9(5-3-1)10(11)8-11/h8-9H,1-7H2. The van der Waals surface area contributed by atoms with Crippen LogP contribution in [0.5, 0.6) is 0 Å². The van der Waals surface area contributed by atoms with E-state index in [0.717, 1.165) is 11.3 Å². The summed E-state index contributed by atoms with van der Waals surface area (Å²) in [5.74, 6) is 1.05. The predicted octanol–water partition coefficient (Wildman–Crippen LogP) is 3.29. The van der Waals surface area contributed by atoms with Gasteiger partial charge in [0.2, 0.25) is 0 Å². The van der Waals surface area contributed by atoms with Crippen LogP contribution in [-0.2, 0) is 0 Å². The maximum absolute atomic E-state index is 2.57. The molecule has 0 radical (unpaired) electrons. The summed E-state index contributed by atoms with van der Waals surface area (Å²) < 4.78 is 0. The van der Waals surface area contributed by atoms with Crippen LogP contribution in [0.25, 0.3) is 0 Å². The molecule has 0 N–H and O–H groups in total. The molecular formula is C11H16. The van der Waals surface area contributed by atoms with Crippen LogP contribution in [0.3, 0.4) is 0 Å². The van der Waals surface area contributed by atoms with Crippen LogP contribution in [0, 0.1) is 11.3 Å². The van der Waals surface area contributed by atoms with Gasteiger partial charge in [0.15, 0.2) is 0 Å². The first-order valence-corrected chi connectivity index (χ1v) is 5.14. The highest BCUT2D eigenvalue weighted by atomic mass is 14.6. The average molecular weight is 148 g/mol. The minimum absolute atomic E-state index is 0.745. The van der Waals surface area contributed by atoms with Crippen molar-refractivity contribution < 1.29 is 0 Å². The third kappa shape index (κ3) is 0.758. The zero-order valence-electron chi connectivity index (χ0n) is 7.10. The smallest absolute Gasteiger partial charge is 0.0103 e. The monoisotopic (exact) mass is 148 g/mol. The Balaban J connectivity index is 1.74. The summed E-state index contributed by atoms with van der Waals surface area (Å²) in [5.41, 5.74) is 2.61. The van der Waals surface area contributed by atoms with E-state index in [1.807, 2.05) is 5.57 Å². The summed E-state index contributed by atoms with van der Waals surface area (Å²) in [6.07, 6.45) is 13.1. The molecule has 0 spiro atoms. The topological polar surface area (TPSA) is 0 Å². The first-order chi connectivity index (χ1) is 5.41. The van der Waals surface area contributed by atoms with Crippen molar-refractivity contribution in [3.05, 3.63) is 11.6 Å². The van der Waals surface area contributed by atoms with E-state index < -0.39 is 0 Å². The lowest BCUT2D eigenvalue weighted by molar-refractivity contribution is 0.276. The van der Waals surface area contributed by atoms with Crippen molar-refractivity contribution in [1.82, 2.24) is 0 Å². The molecule has 11 heavy (non-hydrogen) atoms. The Labute approximate surface area is 68.7 Å². The normalized spacial score (nSPS) is 47.3. The Morgan fingerprint density at radius 2 is 2.09 bits per heavy atom. The summed E-state index contributed by atoms with van der Waals surface area (Å²) in [5, 5.41) is 0. The fourth-order valence-electron chi connectivity index (χ4n) is 3.14. The number of allylic oxidation sites excluding steroid dienone is 2. The highest BCUT2D eigenvalue weighted by Gasteiger charge is 2.56. The number of rotatable bonds is 0. The van der Waals surface area contributed by atoms with Gasteiger partial charge < -0.3 is 0 Å². The van der Waals surface area contributed by atoms with E-state index in [1.165, 1.54) is 44.9 Å². The molecular weight excluding hydrogens is 132 g/mol. The second-order valence-corrected chi connectivity index (χ2v) is 4.61. The quantitative estimate of drug-likeness (QED) is 0.462. The minimum atomic E-state index is 0.745. The molecule has 60 valence electrons. The van der Waals surface area contributed by atoms with E-state index in [-0.39, 0.29) is 0 Å². The molecule has 0 aromatic rings. The first-order valence-electron chi connectivity index (χ1n) is 5.14. The van der Waals surface area contributed by atoms with E-state index in [0.29, 0.717) is 0 Å². The van der Waals surface area contributed by atoms with E-state index in [2.05, 4.69) is 6.08 Å². The second kappa shape index (κ2) is 1.91. The third-order valence-corrected chi connectivity index (χ3v) is 3.90. The van der Waals surface area contributed by atoms with Crippen molar-refractivity contribution in [2.24, 2.45) is 11.3 Å². The summed E-state index contributed by atoms with van der Waals surface area (Å²) >= 11 is 0. The second-order valence-electron chi connectivity index (χ2n) is 4.61. The molecule has 2 fully saturated rings. The van der Waals surface area contributed by atoms with E-state index in [4.69, 9.17) is 0 Å². The van der Waals surface area contributed by atoms with Crippen molar-refractivity contribution in [3.8, 4) is 0 Å². The van der Waals surface area contributed by atoms with Gasteiger partial charge in [0.05, 0.1) is 0 Å². The highest BCUT2D eigenvalue weighted by Crippen LogP contribution is 2.68. The summed E-state index contributed by atoms with van der Waals surface area (Å²) in [7, 11) is 0. The van der Waals surface area contributed by atoms with Gasteiger partial charge in [-0.15, -0.1) is 0 Å². The molecule has 0 aliphatic heterocycles. The Morgan fingerprint density at radius 3 is 3.00 bits per heavy atom. The molecule has 0 aromatic carbocycles. The average Bonchev–Trinajstić information content (AvgIpc) is 2.56. The Hall–Kier alpha value is -0.260. The zero-order chi connectivity index (χ0) is 7.31. The van der Waals surface area contributed by atoms with Crippen molar-refractivity contribution in [1.29, 1.82) is 0 Å². The summed E-state index contributed by atoms with van der Waals surface area (Å²) in [6, 6.07) is 0. The molecule has 0 heteroatoms. The van der Waals surface area contributed by atoms with E-state index in [9.17, 15) is 0 Å². The lowest BCUT2D eigenvalue weighted by Gasteiger charge is -2.34. The van der Waals surface area contributed by atoms with E-state index in [1.54, 1.807) is 0 Å². The van der Waals surface area contributed by atoms with Crippen LogP contribution in [0.2, 0.25) is 0 Å². The largest absolute Gasteiger partial charge is 0.0739 e. The molecule has 3 rings (SSSR count). The van der Waals surface area contributed by atoms with Gasteiger partial charge in [-0.25, -0.2) is 0 Å². The summed E-state index contributed by atoms with van der Waals surface area (Å²) in [4.78, 5) is 0. The molecule has 2 saturated carbocycles. The molecule has 3 aliphatic rings. The van der Waals surface area contributed by atoms with Crippen LogP contribution in [0.1, 0.15) is 44.9 Å². The van der Waals surface area contributed by atoms with Crippen molar-refractivity contribution >= 4 is 0 Å². The summed E-state index contributed by atoms with van der Waals surface area (Å²) in [6.45, 7) is 0. The molecule has 0 saturated heterocycles. The fourth-order valence-corrected chi connectivity index (χ4v) is 3.14. The first kappa shape index (κ1) is 6.28. The van der Waals surface area contributed by atoms with Crippen LogP contribution < -0.4 is 0 Å². The van der Waals surface area contributed by atoms with Gasteiger partial charge in [0.25, 0.3) is 0 Å². The van der Waals surface area contributed by atoms with Crippen molar-refractivity contribution in [2.45, 2.75) is 44.9 Å². The van der Waals surface area contributed by atoms with Crippen molar-refractivity contribution in [3.63, 3.8) is 0 Å².